The highest BCUT2D eigenvalue weighted by atomic mass is 16.1. The first-order valence-corrected chi connectivity index (χ1v) is 19.6. The summed E-state index contributed by atoms with van der Waals surface area (Å²) in [5, 5.41) is 19.8. The van der Waals surface area contributed by atoms with Crippen molar-refractivity contribution in [3.05, 3.63) is 166 Å². The van der Waals surface area contributed by atoms with Gasteiger partial charge < -0.3 is 0 Å². The van der Waals surface area contributed by atoms with Crippen LogP contribution in [0, 0.1) is 0 Å². The van der Waals surface area contributed by atoms with Crippen LogP contribution < -0.4 is 11.1 Å². The average Bonchev–Trinajstić information content (AvgIpc) is 3.89. The molecule has 0 N–H and O–H groups in total. The number of benzene rings is 11. The van der Waals surface area contributed by atoms with Gasteiger partial charge in [-0.25, -0.2) is 9.97 Å². The summed E-state index contributed by atoms with van der Waals surface area (Å²) in [6.07, 6.45) is 0. The Balaban J connectivity index is 1.12. The lowest BCUT2D eigenvalue weighted by Gasteiger charge is -2.18. The minimum Gasteiger partial charge on any atom is -0.268 e. The highest BCUT2D eigenvalue weighted by molar-refractivity contribution is 6.41. The van der Waals surface area contributed by atoms with E-state index in [0.717, 1.165) is 119 Å². The van der Waals surface area contributed by atoms with Crippen LogP contribution in [0.1, 0.15) is 0 Å². The molecule has 0 aliphatic carbocycles. The van der Waals surface area contributed by atoms with Crippen molar-refractivity contribution >= 4 is 141 Å². The molecule has 0 aliphatic rings. The summed E-state index contributed by atoms with van der Waals surface area (Å²) < 4.78 is 3.69. The van der Waals surface area contributed by atoms with Crippen molar-refractivity contribution in [2.75, 3.05) is 0 Å². The fourth-order valence-corrected chi connectivity index (χ4v) is 11.0. The Morgan fingerprint density at radius 1 is 0.276 bits per heavy atom. The van der Waals surface area contributed by atoms with E-state index in [1.54, 1.807) is 0 Å². The quantitative estimate of drug-likeness (QED) is 0.115. The molecule has 58 heavy (non-hydrogen) atoms. The van der Waals surface area contributed by atoms with Gasteiger partial charge in [0.15, 0.2) is 0 Å². The van der Waals surface area contributed by atoms with E-state index in [1.807, 2.05) is 45.2 Å². The Hall–Kier alpha value is -7.96. The number of hydrogen-bond acceptors (Lipinski definition) is 4. The standard InChI is InChI=1S/C52H24N4O2/c57-51-39-23-19-31-32-20-24-40-44-38(50-54-46-34-14-6-2-10-26(34)28-12-4-8-16-36(28)48(46)56(50)52(40)58)22-18-30(42(32)44)29-17-21-37(43(39)41(29)31)49-53-45-33-13-5-1-9-25(33)27-11-3-7-15-35(27)47(45)55(49)51/h1-24H. The molecule has 0 aliphatic heterocycles. The van der Waals surface area contributed by atoms with Gasteiger partial charge in [0, 0.05) is 53.9 Å². The number of fused-ring (bicyclic) bond motifs is 20. The van der Waals surface area contributed by atoms with Crippen LogP contribution in [0.25, 0.3) is 141 Å². The van der Waals surface area contributed by atoms with Crippen LogP contribution in [-0.4, -0.2) is 18.8 Å². The molecule has 0 fully saturated rings. The second kappa shape index (κ2) is 9.70. The lowest BCUT2D eigenvalue weighted by atomic mass is 9.86. The Bertz CT molecular complexity index is 4230. The maximum Gasteiger partial charge on any atom is 0.264 e. The summed E-state index contributed by atoms with van der Waals surface area (Å²) in [4.78, 5) is 40.5. The molecule has 4 heterocycles. The molecule has 15 aromatic rings. The molecule has 0 amide bonds. The molecule has 15 rings (SSSR count). The second-order valence-electron chi connectivity index (χ2n) is 15.9. The number of imidazole rings is 2. The van der Waals surface area contributed by atoms with Crippen molar-refractivity contribution in [2.45, 2.75) is 0 Å². The zero-order valence-corrected chi connectivity index (χ0v) is 30.5. The minimum absolute atomic E-state index is 0.0743. The van der Waals surface area contributed by atoms with E-state index in [9.17, 15) is 9.59 Å². The summed E-state index contributed by atoms with van der Waals surface area (Å²) in [7, 11) is 0. The third-order valence-corrected chi connectivity index (χ3v) is 13.3. The number of rotatable bonds is 0. The van der Waals surface area contributed by atoms with Crippen molar-refractivity contribution in [3.63, 3.8) is 0 Å². The van der Waals surface area contributed by atoms with E-state index in [0.29, 0.717) is 22.1 Å². The number of hydrogen-bond donors (Lipinski definition) is 0. The molecule has 0 unspecified atom stereocenters. The Morgan fingerprint density at radius 3 is 0.931 bits per heavy atom. The Labute approximate surface area is 325 Å². The van der Waals surface area contributed by atoms with Gasteiger partial charge in [0.05, 0.1) is 22.1 Å². The van der Waals surface area contributed by atoms with E-state index in [1.165, 1.54) is 0 Å². The first kappa shape index (κ1) is 29.3. The van der Waals surface area contributed by atoms with Gasteiger partial charge in [-0.3, -0.25) is 18.4 Å². The number of aromatic nitrogens is 4. The van der Waals surface area contributed by atoms with Crippen LogP contribution in [0.5, 0.6) is 0 Å². The fraction of sp³-hybridized carbons (Fsp3) is 0. The number of nitrogens with zero attached hydrogens (tertiary/aromatic N) is 4. The summed E-state index contributed by atoms with van der Waals surface area (Å²) in [5.74, 6) is 0. The second-order valence-corrected chi connectivity index (χ2v) is 15.9. The monoisotopic (exact) mass is 736 g/mol. The minimum atomic E-state index is -0.0743. The molecular formula is C52H24N4O2. The van der Waals surface area contributed by atoms with Crippen molar-refractivity contribution in [3.8, 4) is 0 Å². The first-order valence-electron chi connectivity index (χ1n) is 19.6. The summed E-state index contributed by atoms with van der Waals surface area (Å²) in [6.45, 7) is 0. The smallest absolute Gasteiger partial charge is 0.264 e. The lowest BCUT2D eigenvalue weighted by molar-refractivity contribution is 1.19. The van der Waals surface area contributed by atoms with Gasteiger partial charge in [0.1, 0.15) is 11.3 Å². The van der Waals surface area contributed by atoms with Gasteiger partial charge in [-0.2, -0.15) is 0 Å². The predicted octanol–water partition coefficient (Wildman–Crippen LogP) is 11.9. The van der Waals surface area contributed by atoms with Crippen molar-refractivity contribution < 1.29 is 0 Å². The van der Waals surface area contributed by atoms with Crippen LogP contribution in [0.3, 0.4) is 0 Å². The lowest BCUT2D eigenvalue weighted by Crippen LogP contribution is -2.14. The molecule has 0 saturated carbocycles. The Morgan fingerprint density at radius 2 is 0.552 bits per heavy atom. The van der Waals surface area contributed by atoms with Crippen molar-refractivity contribution in [2.24, 2.45) is 0 Å². The molecule has 0 spiro atoms. The SMILES string of the molecule is O=c1c2ccc3c4ccc5c(=O)n6c(nc7c8ccccc8c8ccccc8c76)c6ccc(c7ccc(c2c37)c2nc3c7ccccc7c7ccccc7c3n12)c4c56. The third kappa shape index (κ3) is 3.14. The highest BCUT2D eigenvalue weighted by Crippen LogP contribution is 2.47. The van der Waals surface area contributed by atoms with E-state index in [4.69, 9.17) is 9.97 Å². The molecule has 0 radical (unpaired) electrons. The van der Waals surface area contributed by atoms with Crippen molar-refractivity contribution in [1.82, 2.24) is 18.8 Å². The molecular weight excluding hydrogens is 713 g/mol. The zero-order valence-electron chi connectivity index (χ0n) is 30.5. The van der Waals surface area contributed by atoms with Gasteiger partial charge in [-0.05, 0) is 78.1 Å². The topological polar surface area (TPSA) is 68.7 Å². The molecule has 0 atom stereocenters. The molecule has 0 saturated heterocycles. The van der Waals surface area contributed by atoms with E-state index in [2.05, 4.69) is 109 Å². The molecule has 11 aromatic carbocycles. The summed E-state index contributed by atoms with van der Waals surface area (Å²) in [5.41, 5.74) is 4.53. The molecule has 6 nitrogen and oxygen atoms in total. The van der Waals surface area contributed by atoms with E-state index in [-0.39, 0.29) is 11.1 Å². The molecule has 264 valence electrons. The van der Waals surface area contributed by atoms with Gasteiger partial charge >= 0.3 is 0 Å². The van der Waals surface area contributed by atoms with Crippen LogP contribution in [0.2, 0.25) is 0 Å². The largest absolute Gasteiger partial charge is 0.268 e. The normalized spacial score (nSPS) is 13.0. The van der Waals surface area contributed by atoms with Crippen LogP contribution in [0.15, 0.2) is 155 Å². The van der Waals surface area contributed by atoms with E-state index >= 15 is 0 Å². The molecule has 4 aromatic heterocycles. The van der Waals surface area contributed by atoms with Gasteiger partial charge in [0.2, 0.25) is 0 Å². The summed E-state index contributed by atoms with van der Waals surface area (Å²) >= 11 is 0. The maximum absolute atomic E-state index is 14.9. The maximum atomic E-state index is 14.9. The number of pyridine rings is 2. The van der Waals surface area contributed by atoms with Crippen molar-refractivity contribution in [1.29, 1.82) is 0 Å². The molecule has 0 bridgehead atoms. The van der Waals surface area contributed by atoms with Gasteiger partial charge in [-0.1, -0.05) is 121 Å². The Kier molecular flexibility index (Phi) is 4.91. The molecule has 6 heteroatoms. The zero-order chi connectivity index (χ0) is 37.7. The first-order chi connectivity index (χ1) is 28.7. The third-order valence-electron chi connectivity index (χ3n) is 13.3. The fourth-order valence-electron chi connectivity index (χ4n) is 11.0. The van der Waals surface area contributed by atoms with Gasteiger partial charge in [-0.15, -0.1) is 0 Å². The van der Waals surface area contributed by atoms with Crippen LogP contribution >= 0.6 is 0 Å². The van der Waals surface area contributed by atoms with E-state index < -0.39 is 0 Å². The summed E-state index contributed by atoms with van der Waals surface area (Å²) in [6, 6.07) is 50.1. The van der Waals surface area contributed by atoms with Crippen LogP contribution in [0.4, 0.5) is 0 Å². The van der Waals surface area contributed by atoms with Crippen LogP contribution in [-0.2, 0) is 0 Å². The predicted molar refractivity (Wildman–Crippen MR) is 240 cm³/mol. The highest BCUT2D eigenvalue weighted by Gasteiger charge is 2.26. The average molecular weight is 737 g/mol. The van der Waals surface area contributed by atoms with Gasteiger partial charge in [0.25, 0.3) is 11.1 Å².